The monoisotopic (exact) mass is 223 g/mol. The fraction of sp³-hybridized carbons (Fsp3) is 0.364. The van der Waals surface area contributed by atoms with Crippen LogP contribution in [0.1, 0.15) is 15.9 Å². The largest absolute Gasteiger partial charge is 0.508 e. The van der Waals surface area contributed by atoms with Crippen LogP contribution < -0.4 is 4.74 Å². The molecule has 0 unspecified atom stereocenters. The van der Waals surface area contributed by atoms with E-state index in [0.717, 1.165) is 5.56 Å². The van der Waals surface area contributed by atoms with Crippen LogP contribution in [0.4, 0.5) is 0 Å². The molecule has 0 spiro atoms. The summed E-state index contributed by atoms with van der Waals surface area (Å²) in [6, 6.07) is 2.91. The van der Waals surface area contributed by atoms with Gasteiger partial charge in [-0.25, -0.2) is 0 Å². The predicted molar refractivity (Wildman–Crippen MR) is 56.5 cm³/mol. The molecule has 1 amide bonds. The third-order valence-electron chi connectivity index (χ3n) is 2.65. The Balaban J connectivity index is 2.42. The van der Waals surface area contributed by atoms with Crippen LogP contribution in [0.2, 0.25) is 0 Å². The molecule has 0 fully saturated rings. The van der Waals surface area contributed by atoms with Gasteiger partial charge in [0.2, 0.25) is 0 Å². The van der Waals surface area contributed by atoms with Crippen LogP contribution in [-0.2, 0) is 6.54 Å². The van der Waals surface area contributed by atoms with Gasteiger partial charge in [-0.05, 0) is 6.07 Å². The highest BCUT2D eigenvalue weighted by molar-refractivity contribution is 5.99. The Morgan fingerprint density at radius 3 is 2.88 bits per heavy atom. The van der Waals surface area contributed by atoms with Crippen molar-refractivity contribution in [1.29, 1.82) is 0 Å². The quantitative estimate of drug-likeness (QED) is 0.775. The summed E-state index contributed by atoms with van der Waals surface area (Å²) in [5.74, 6) is 0.330. The van der Waals surface area contributed by atoms with Gasteiger partial charge in [-0.2, -0.15) is 0 Å². The molecule has 1 aromatic carbocycles. The molecule has 1 aliphatic heterocycles. The Bertz CT molecular complexity index is 430. The number of methoxy groups -OCH3 is 1. The van der Waals surface area contributed by atoms with Crippen molar-refractivity contribution in [2.45, 2.75) is 6.54 Å². The van der Waals surface area contributed by atoms with Crippen LogP contribution in [0.15, 0.2) is 12.1 Å². The maximum atomic E-state index is 11.9. The van der Waals surface area contributed by atoms with E-state index in [1.165, 1.54) is 24.1 Å². The molecule has 0 saturated heterocycles. The van der Waals surface area contributed by atoms with E-state index < -0.39 is 0 Å². The number of phenolic OH excluding ortho intramolecular Hbond substituents is 1. The highest BCUT2D eigenvalue weighted by Gasteiger charge is 2.30. The third-order valence-corrected chi connectivity index (χ3v) is 2.65. The molecule has 5 heteroatoms. The van der Waals surface area contributed by atoms with Crippen molar-refractivity contribution in [2.75, 3.05) is 20.3 Å². The fourth-order valence-corrected chi connectivity index (χ4v) is 1.90. The van der Waals surface area contributed by atoms with Gasteiger partial charge in [0.05, 0.1) is 25.8 Å². The Kier molecular flexibility index (Phi) is 2.70. The van der Waals surface area contributed by atoms with E-state index in [9.17, 15) is 9.90 Å². The number of aromatic hydroxyl groups is 1. The van der Waals surface area contributed by atoms with Crippen molar-refractivity contribution in [1.82, 2.24) is 4.90 Å². The van der Waals surface area contributed by atoms with Gasteiger partial charge in [-0.3, -0.25) is 4.79 Å². The van der Waals surface area contributed by atoms with Gasteiger partial charge in [0, 0.05) is 18.2 Å². The molecule has 0 atom stereocenters. The van der Waals surface area contributed by atoms with E-state index >= 15 is 0 Å². The average molecular weight is 223 g/mol. The summed E-state index contributed by atoms with van der Waals surface area (Å²) in [4.78, 5) is 13.4. The minimum absolute atomic E-state index is 0.00907. The lowest BCUT2D eigenvalue weighted by molar-refractivity contribution is 0.0745. The molecule has 1 aliphatic rings. The average Bonchev–Trinajstić information content (AvgIpc) is 2.57. The topological polar surface area (TPSA) is 70.0 Å². The van der Waals surface area contributed by atoms with E-state index in [0.29, 0.717) is 17.9 Å². The normalized spacial score (nSPS) is 14.1. The van der Waals surface area contributed by atoms with Crippen molar-refractivity contribution in [3.05, 3.63) is 23.3 Å². The summed E-state index contributed by atoms with van der Waals surface area (Å²) in [5.41, 5.74) is 1.21. The molecule has 2 rings (SSSR count). The number of hydrogen-bond donors (Lipinski definition) is 2. The first kappa shape index (κ1) is 10.8. The zero-order chi connectivity index (χ0) is 11.7. The van der Waals surface area contributed by atoms with Crippen LogP contribution in [-0.4, -0.2) is 41.3 Å². The van der Waals surface area contributed by atoms with E-state index in [4.69, 9.17) is 9.84 Å². The van der Waals surface area contributed by atoms with Gasteiger partial charge in [0.25, 0.3) is 5.91 Å². The molecule has 0 saturated carbocycles. The van der Waals surface area contributed by atoms with E-state index in [1.54, 1.807) is 0 Å². The summed E-state index contributed by atoms with van der Waals surface area (Å²) in [6.45, 7) is 0.629. The number of β-amino-alcohol motifs (C(OH)–C–C–N with tert-alkyl or cyclic N) is 1. The summed E-state index contributed by atoms with van der Waals surface area (Å²) in [6.07, 6.45) is 0. The Morgan fingerprint density at radius 2 is 2.25 bits per heavy atom. The lowest BCUT2D eigenvalue weighted by Gasteiger charge is -2.13. The Morgan fingerprint density at radius 1 is 1.50 bits per heavy atom. The lowest BCUT2D eigenvalue weighted by Crippen LogP contribution is -2.26. The molecule has 86 valence electrons. The van der Waals surface area contributed by atoms with Crippen LogP contribution in [0, 0.1) is 0 Å². The van der Waals surface area contributed by atoms with Gasteiger partial charge in [0.1, 0.15) is 11.5 Å². The number of carbonyl (C=O) groups excluding carboxylic acids is 1. The number of phenols is 1. The van der Waals surface area contributed by atoms with Gasteiger partial charge in [-0.15, -0.1) is 0 Å². The van der Waals surface area contributed by atoms with E-state index in [-0.39, 0.29) is 24.8 Å². The van der Waals surface area contributed by atoms with Crippen LogP contribution in [0.25, 0.3) is 0 Å². The summed E-state index contributed by atoms with van der Waals surface area (Å²) < 4.78 is 5.11. The van der Waals surface area contributed by atoms with Gasteiger partial charge in [0.15, 0.2) is 0 Å². The zero-order valence-corrected chi connectivity index (χ0v) is 8.93. The number of carbonyl (C=O) groups is 1. The molecule has 16 heavy (non-hydrogen) atoms. The zero-order valence-electron chi connectivity index (χ0n) is 8.93. The second-order valence-electron chi connectivity index (χ2n) is 3.62. The van der Waals surface area contributed by atoms with E-state index in [2.05, 4.69) is 0 Å². The predicted octanol–water partition coefficient (Wildman–Crippen LogP) is 0.349. The molecule has 5 nitrogen and oxygen atoms in total. The van der Waals surface area contributed by atoms with Crippen LogP contribution in [0.3, 0.4) is 0 Å². The number of aliphatic hydroxyl groups excluding tert-OH is 1. The maximum absolute atomic E-state index is 11.9. The summed E-state index contributed by atoms with van der Waals surface area (Å²) in [5, 5.41) is 18.3. The highest BCUT2D eigenvalue weighted by atomic mass is 16.5. The van der Waals surface area contributed by atoms with Crippen molar-refractivity contribution in [2.24, 2.45) is 0 Å². The standard InChI is InChI=1S/C11H13NO4/c1-16-10-5-7(14)4-8-9(10)6-12(2-3-13)11(8)15/h4-5,13-14H,2-3,6H2,1H3. The number of nitrogens with zero attached hydrogens (tertiary/aromatic N) is 1. The number of aliphatic hydroxyl groups is 1. The fourth-order valence-electron chi connectivity index (χ4n) is 1.90. The van der Waals surface area contributed by atoms with E-state index in [1.807, 2.05) is 0 Å². The van der Waals surface area contributed by atoms with Gasteiger partial charge in [-0.1, -0.05) is 0 Å². The Hall–Kier alpha value is -1.75. The number of hydrogen-bond acceptors (Lipinski definition) is 4. The minimum atomic E-state index is -0.182. The number of rotatable bonds is 3. The first-order valence-corrected chi connectivity index (χ1v) is 4.97. The van der Waals surface area contributed by atoms with Gasteiger partial charge < -0.3 is 19.8 Å². The molecule has 2 N–H and O–H groups in total. The molecule has 0 aliphatic carbocycles. The molecular weight excluding hydrogens is 210 g/mol. The molecule has 0 bridgehead atoms. The number of ether oxygens (including phenoxy) is 1. The minimum Gasteiger partial charge on any atom is -0.508 e. The second-order valence-corrected chi connectivity index (χ2v) is 3.62. The Labute approximate surface area is 92.9 Å². The first-order chi connectivity index (χ1) is 7.67. The first-order valence-electron chi connectivity index (χ1n) is 4.97. The smallest absolute Gasteiger partial charge is 0.254 e. The molecule has 1 aromatic rings. The molecule has 1 heterocycles. The lowest BCUT2D eigenvalue weighted by atomic mass is 10.1. The van der Waals surface area contributed by atoms with Crippen molar-refractivity contribution in [3.8, 4) is 11.5 Å². The number of amides is 1. The van der Waals surface area contributed by atoms with Crippen molar-refractivity contribution < 1.29 is 19.7 Å². The molecular formula is C11H13NO4. The SMILES string of the molecule is COc1cc(O)cc2c1CN(CCO)C2=O. The van der Waals surface area contributed by atoms with Crippen molar-refractivity contribution >= 4 is 5.91 Å². The summed E-state index contributed by atoms with van der Waals surface area (Å²) >= 11 is 0. The highest BCUT2D eigenvalue weighted by Crippen LogP contribution is 2.34. The number of fused-ring (bicyclic) bond motifs is 1. The third kappa shape index (κ3) is 1.59. The van der Waals surface area contributed by atoms with Crippen LogP contribution >= 0.6 is 0 Å². The maximum Gasteiger partial charge on any atom is 0.254 e. The molecule has 0 aromatic heterocycles. The second kappa shape index (κ2) is 4.02. The summed E-state index contributed by atoms with van der Waals surface area (Å²) in [7, 11) is 1.49. The molecule has 0 radical (unpaired) electrons. The van der Waals surface area contributed by atoms with Crippen LogP contribution in [0.5, 0.6) is 11.5 Å². The van der Waals surface area contributed by atoms with Gasteiger partial charge >= 0.3 is 0 Å². The number of benzene rings is 1. The van der Waals surface area contributed by atoms with Crippen molar-refractivity contribution in [3.63, 3.8) is 0 Å².